The molecule has 0 aromatic heterocycles. The maximum absolute atomic E-state index is 3.68. The third-order valence-electron chi connectivity index (χ3n) is 3.96. The molecule has 0 bridgehead atoms. The molecule has 1 N–H and O–H groups in total. The molecule has 2 unspecified atom stereocenters. The van der Waals surface area contributed by atoms with Gasteiger partial charge in [0.15, 0.2) is 0 Å². The van der Waals surface area contributed by atoms with Gasteiger partial charge >= 0.3 is 0 Å². The van der Waals surface area contributed by atoms with E-state index in [9.17, 15) is 0 Å². The van der Waals surface area contributed by atoms with E-state index in [-0.39, 0.29) is 0 Å². The molecular formula is C18H32N2. The van der Waals surface area contributed by atoms with Gasteiger partial charge in [0.05, 0.1) is 0 Å². The Morgan fingerprint density at radius 2 is 1.85 bits per heavy atom. The maximum Gasteiger partial charge on any atom is 0.0332 e. The van der Waals surface area contributed by atoms with Crippen LogP contribution in [-0.2, 0) is 0 Å². The summed E-state index contributed by atoms with van der Waals surface area (Å²) >= 11 is 0. The van der Waals surface area contributed by atoms with Crippen LogP contribution in [0.1, 0.15) is 51.6 Å². The SMILES string of the molecule is CCCNC(CCN(C)CC(C)CC)c1ccccc1. The minimum Gasteiger partial charge on any atom is -0.310 e. The first kappa shape index (κ1) is 17.2. The minimum atomic E-state index is 0.482. The lowest BCUT2D eigenvalue weighted by Crippen LogP contribution is -2.30. The molecule has 0 amide bonds. The summed E-state index contributed by atoms with van der Waals surface area (Å²) < 4.78 is 0. The van der Waals surface area contributed by atoms with Crippen LogP contribution in [0.5, 0.6) is 0 Å². The van der Waals surface area contributed by atoms with E-state index < -0.39 is 0 Å². The van der Waals surface area contributed by atoms with Crippen molar-refractivity contribution in [2.45, 2.75) is 46.1 Å². The van der Waals surface area contributed by atoms with Crippen LogP contribution in [-0.4, -0.2) is 31.6 Å². The normalized spacial score (nSPS) is 14.4. The van der Waals surface area contributed by atoms with Crippen molar-refractivity contribution < 1.29 is 0 Å². The average molecular weight is 276 g/mol. The van der Waals surface area contributed by atoms with Gasteiger partial charge in [-0.2, -0.15) is 0 Å². The summed E-state index contributed by atoms with van der Waals surface area (Å²) in [6.07, 6.45) is 3.63. The smallest absolute Gasteiger partial charge is 0.0332 e. The van der Waals surface area contributed by atoms with E-state index in [1.165, 1.54) is 31.4 Å². The maximum atomic E-state index is 3.68. The van der Waals surface area contributed by atoms with Gasteiger partial charge in [-0.15, -0.1) is 0 Å². The number of benzene rings is 1. The standard InChI is InChI=1S/C18H32N2/c1-5-13-19-18(17-10-8-7-9-11-17)12-14-20(4)15-16(3)6-2/h7-11,16,18-19H,5-6,12-15H2,1-4H3. The second kappa shape index (κ2) is 9.95. The second-order valence-corrected chi connectivity index (χ2v) is 5.98. The zero-order valence-corrected chi connectivity index (χ0v) is 13.7. The van der Waals surface area contributed by atoms with Crippen LogP contribution in [0.2, 0.25) is 0 Å². The van der Waals surface area contributed by atoms with Crippen molar-refractivity contribution in [1.82, 2.24) is 10.2 Å². The van der Waals surface area contributed by atoms with Gasteiger partial charge in [-0.05, 0) is 44.5 Å². The van der Waals surface area contributed by atoms with Gasteiger partial charge in [-0.3, -0.25) is 0 Å². The fourth-order valence-corrected chi connectivity index (χ4v) is 2.49. The summed E-state index contributed by atoms with van der Waals surface area (Å²) in [5.41, 5.74) is 1.41. The number of rotatable bonds is 10. The Bertz CT molecular complexity index is 337. The Labute approximate surface area is 125 Å². The zero-order chi connectivity index (χ0) is 14.8. The molecule has 0 aliphatic heterocycles. The predicted octanol–water partition coefficient (Wildman–Crippen LogP) is 4.10. The predicted molar refractivity (Wildman–Crippen MR) is 89.0 cm³/mol. The number of nitrogens with one attached hydrogen (secondary N) is 1. The summed E-state index contributed by atoms with van der Waals surface area (Å²) in [6, 6.07) is 11.3. The lowest BCUT2D eigenvalue weighted by atomic mass is 10.0. The first-order valence-electron chi connectivity index (χ1n) is 8.14. The zero-order valence-electron chi connectivity index (χ0n) is 13.7. The Balaban J connectivity index is 2.49. The van der Waals surface area contributed by atoms with Gasteiger partial charge < -0.3 is 10.2 Å². The van der Waals surface area contributed by atoms with Crippen molar-refractivity contribution in [1.29, 1.82) is 0 Å². The van der Waals surface area contributed by atoms with E-state index in [0.29, 0.717) is 6.04 Å². The van der Waals surface area contributed by atoms with E-state index >= 15 is 0 Å². The van der Waals surface area contributed by atoms with E-state index in [0.717, 1.165) is 19.0 Å². The highest BCUT2D eigenvalue weighted by atomic mass is 15.1. The molecule has 2 atom stereocenters. The van der Waals surface area contributed by atoms with Crippen LogP contribution in [0.25, 0.3) is 0 Å². The number of hydrogen-bond donors (Lipinski definition) is 1. The monoisotopic (exact) mass is 276 g/mol. The summed E-state index contributed by atoms with van der Waals surface area (Å²) in [7, 11) is 2.24. The molecular weight excluding hydrogens is 244 g/mol. The van der Waals surface area contributed by atoms with Crippen molar-refractivity contribution in [3.63, 3.8) is 0 Å². The molecule has 0 fully saturated rings. The molecule has 0 saturated carbocycles. The molecule has 0 aliphatic rings. The Morgan fingerprint density at radius 3 is 2.45 bits per heavy atom. The van der Waals surface area contributed by atoms with Crippen molar-refractivity contribution >= 4 is 0 Å². The van der Waals surface area contributed by atoms with E-state index in [2.05, 4.69) is 68.4 Å². The van der Waals surface area contributed by atoms with Crippen molar-refractivity contribution in [2.75, 3.05) is 26.7 Å². The van der Waals surface area contributed by atoms with Gasteiger partial charge in [0.2, 0.25) is 0 Å². The van der Waals surface area contributed by atoms with Crippen molar-refractivity contribution in [3.8, 4) is 0 Å². The molecule has 0 aliphatic carbocycles. The number of nitrogens with zero attached hydrogens (tertiary/aromatic N) is 1. The third kappa shape index (κ3) is 6.53. The average Bonchev–Trinajstić information content (AvgIpc) is 2.48. The van der Waals surface area contributed by atoms with Crippen LogP contribution < -0.4 is 5.32 Å². The fraction of sp³-hybridized carbons (Fsp3) is 0.667. The van der Waals surface area contributed by atoms with E-state index in [1.54, 1.807) is 0 Å². The Morgan fingerprint density at radius 1 is 1.15 bits per heavy atom. The molecule has 0 saturated heterocycles. The Hall–Kier alpha value is -0.860. The molecule has 0 heterocycles. The minimum absolute atomic E-state index is 0.482. The van der Waals surface area contributed by atoms with Gasteiger partial charge in [-0.1, -0.05) is 57.5 Å². The summed E-state index contributed by atoms with van der Waals surface area (Å²) in [5.74, 6) is 0.791. The van der Waals surface area contributed by atoms with Crippen LogP contribution in [0.15, 0.2) is 30.3 Å². The highest BCUT2D eigenvalue weighted by molar-refractivity contribution is 5.18. The van der Waals surface area contributed by atoms with Crippen LogP contribution in [0.4, 0.5) is 0 Å². The van der Waals surface area contributed by atoms with Crippen LogP contribution in [0.3, 0.4) is 0 Å². The lowest BCUT2D eigenvalue weighted by Gasteiger charge is -2.24. The fourth-order valence-electron chi connectivity index (χ4n) is 2.49. The largest absolute Gasteiger partial charge is 0.310 e. The van der Waals surface area contributed by atoms with E-state index in [1.807, 2.05) is 0 Å². The van der Waals surface area contributed by atoms with Gasteiger partial charge in [-0.25, -0.2) is 0 Å². The van der Waals surface area contributed by atoms with Crippen molar-refractivity contribution in [3.05, 3.63) is 35.9 Å². The van der Waals surface area contributed by atoms with Crippen LogP contribution >= 0.6 is 0 Å². The topological polar surface area (TPSA) is 15.3 Å². The number of hydrogen-bond acceptors (Lipinski definition) is 2. The lowest BCUT2D eigenvalue weighted by molar-refractivity contribution is 0.266. The molecule has 1 rings (SSSR count). The molecule has 0 radical (unpaired) electrons. The third-order valence-corrected chi connectivity index (χ3v) is 3.96. The quantitative estimate of drug-likeness (QED) is 0.692. The first-order valence-corrected chi connectivity index (χ1v) is 8.14. The summed E-state index contributed by atoms with van der Waals surface area (Å²) in [4.78, 5) is 2.47. The van der Waals surface area contributed by atoms with Gasteiger partial charge in [0.25, 0.3) is 0 Å². The van der Waals surface area contributed by atoms with Gasteiger partial charge in [0, 0.05) is 12.6 Å². The molecule has 2 nitrogen and oxygen atoms in total. The molecule has 2 heteroatoms. The van der Waals surface area contributed by atoms with Crippen molar-refractivity contribution in [2.24, 2.45) is 5.92 Å². The highest BCUT2D eigenvalue weighted by Gasteiger charge is 2.12. The molecule has 114 valence electrons. The Kier molecular flexibility index (Phi) is 8.56. The first-order chi connectivity index (χ1) is 9.67. The molecule has 1 aromatic rings. The second-order valence-electron chi connectivity index (χ2n) is 5.98. The molecule has 20 heavy (non-hydrogen) atoms. The van der Waals surface area contributed by atoms with E-state index in [4.69, 9.17) is 0 Å². The van der Waals surface area contributed by atoms with Crippen LogP contribution in [0, 0.1) is 5.92 Å². The summed E-state index contributed by atoms with van der Waals surface area (Å²) in [5, 5.41) is 3.68. The highest BCUT2D eigenvalue weighted by Crippen LogP contribution is 2.17. The molecule has 0 spiro atoms. The van der Waals surface area contributed by atoms with Gasteiger partial charge in [0.1, 0.15) is 0 Å². The summed E-state index contributed by atoms with van der Waals surface area (Å²) in [6.45, 7) is 10.3. The molecule has 1 aromatic carbocycles.